The molecule has 1 aromatic carbocycles. The fourth-order valence-electron chi connectivity index (χ4n) is 1.79. The molecule has 0 aliphatic rings. The highest BCUT2D eigenvalue weighted by Crippen LogP contribution is 2.20. The first-order valence-corrected chi connectivity index (χ1v) is 7.08. The molecule has 0 saturated heterocycles. The van der Waals surface area contributed by atoms with E-state index in [1.165, 1.54) is 10.9 Å². The minimum atomic E-state index is -0.403. The predicted molar refractivity (Wildman–Crippen MR) is 84.1 cm³/mol. The number of aryl methyl sites for hydroxylation is 2. The van der Waals surface area contributed by atoms with Gasteiger partial charge in [0.15, 0.2) is 0 Å². The van der Waals surface area contributed by atoms with Crippen molar-refractivity contribution < 1.29 is 4.79 Å². The van der Waals surface area contributed by atoms with Crippen molar-refractivity contribution in [3.63, 3.8) is 0 Å². The summed E-state index contributed by atoms with van der Waals surface area (Å²) in [4.78, 5) is 12.1. The number of benzene rings is 1. The second kappa shape index (κ2) is 6.74. The molecule has 5 nitrogen and oxygen atoms in total. The van der Waals surface area contributed by atoms with Crippen LogP contribution in [0.2, 0.25) is 10.0 Å². The Morgan fingerprint density at radius 3 is 2.62 bits per heavy atom. The van der Waals surface area contributed by atoms with Gasteiger partial charge in [0, 0.05) is 12.1 Å². The first-order chi connectivity index (χ1) is 10.0. The average Bonchev–Trinajstić information content (AvgIpc) is 2.75. The molecule has 1 amide bonds. The third-order valence-corrected chi connectivity index (χ3v) is 3.50. The fourth-order valence-corrected chi connectivity index (χ4v) is 2.30. The zero-order chi connectivity index (χ0) is 15.4. The van der Waals surface area contributed by atoms with Crippen molar-refractivity contribution in [1.82, 2.24) is 15.2 Å². The van der Waals surface area contributed by atoms with Crippen LogP contribution in [-0.4, -0.2) is 21.9 Å². The van der Waals surface area contributed by atoms with Crippen molar-refractivity contribution in [2.75, 3.05) is 0 Å². The maximum Gasteiger partial charge on any atom is 0.291 e. The minimum Gasteiger partial charge on any atom is -0.266 e. The summed E-state index contributed by atoms with van der Waals surface area (Å²) in [5, 5.41) is 9.08. The summed E-state index contributed by atoms with van der Waals surface area (Å²) in [6.07, 6.45) is 2.19. The quantitative estimate of drug-likeness (QED) is 0.694. The van der Waals surface area contributed by atoms with Crippen LogP contribution in [0.25, 0.3) is 0 Å². The Balaban J connectivity index is 2.08. The van der Waals surface area contributed by atoms with E-state index >= 15 is 0 Å². The highest BCUT2D eigenvalue weighted by atomic mass is 35.5. The zero-order valence-electron chi connectivity index (χ0n) is 11.6. The normalized spacial score (nSPS) is 11.0. The first-order valence-electron chi connectivity index (χ1n) is 6.33. The van der Waals surface area contributed by atoms with E-state index in [9.17, 15) is 4.79 Å². The largest absolute Gasteiger partial charge is 0.291 e. The van der Waals surface area contributed by atoms with Gasteiger partial charge in [-0.2, -0.15) is 10.2 Å². The molecule has 0 fully saturated rings. The van der Waals surface area contributed by atoms with Gasteiger partial charge in [-0.25, -0.2) is 5.43 Å². The minimum absolute atomic E-state index is 0.293. The highest BCUT2D eigenvalue weighted by molar-refractivity contribution is 6.34. The van der Waals surface area contributed by atoms with Gasteiger partial charge in [0.1, 0.15) is 5.69 Å². The van der Waals surface area contributed by atoms with E-state index in [1.807, 2.05) is 6.92 Å². The van der Waals surface area contributed by atoms with E-state index in [0.29, 0.717) is 27.9 Å². The van der Waals surface area contributed by atoms with Gasteiger partial charge in [0.2, 0.25) is 0 Å². The monoisotopic (exact) mass is 324 g/mol. The van der Waals surface area contributed by atoms with Crippen molar-refractivity contribution in [3.8, 4) is 0 Å². The van der Waals surface area contributed by atoms with Crippen LogP contribution in [-0.2, 0) is 13.5 Å². The van der Waals surface area contributed by atoms with Gasteiger partial charge in [-0.3, -0.25) is 9.48 Å². The molecule has 21 heavy (non-hydrogen) atoms. The second-order valence-electron chi connectivity index (χ2n) is 4.34. The Hall–Kier alpha value is -1.85. The number of rotatable bonds is 4. The molecule has 0 spiro atoms. The Morgan fingerprint density at radius 1 is 1.38 bits per heavy atom. The summed E-state index contributed by atoms with van der Waals surface area (Å²) in [5.74, 6) is -0.403. The van der Waals surface area contributed by atoms with Gasteiger partial charge < -0.3 is 0 Å². The van der Waals surface area contributed by atoms with Crippen LogP contribution in [0.1, 0.15) is 28.7 Å². The predicted octanol–water partition coefficient (Wildman–Crippen LogP) is 3.05. The second-order valence-corrected chi connectivity index (χ2v) is 5.15. The standard InChI is InChI=1S/C14H14Cl2N4O/c1-3-11-12(16)13(20(2)19-11)14(21)18-17-8-9-4-6-10(15)7-5-9/h4-8H,3H2,1-2H3,(H,18,21). The lowest BCUT2D eigenvalue weighted by Crippen LogP contribution is -2.21. The van der Waals surface area contributed by atoms with E-state index in [0.717, 1.165) is 5.56 Å². The number of hydrogen-bond acceptors (Lipinski definition) is 3. The van der Waals surface area contributed by atoms with Crippen molar-refractivity contribution >= 4 is 35.3 Å². The summed E-state index contributed by atoms with van der Waals surface area (Å²) in [6, 6.07) is 7.08. The van der Waals surface area contributed by atoms with Crippen LogP contribution in [0, 0.1) is 0 Å². The molecule has 2 aromatic rings. The van der Waals surface area contributed by atoms with Crippen LogP contribution >= 0.6 is 23.2 Å². The number of carbonyl (C=O) groups excluding carboxylic acids is 1. The summed E-state index contributed by atoms with van der Waals surface area (Å²) in [6.45, 7) is 1.93. The first kappa shape index (κ1) is 15.5. The molecule has 0 radical (unpaired) electrons. The van der Waals surface area contributed by atoms with Gasteiger partial charge in [-0.1, -0.05) is 42.3 Å². The summed E-state index contributed by atoms with van der Waals surface area (Å²) >= 11 is 11.9. The fraction of sp³-hybridized carbons (Fsp3) is 0.214. The maximum absolute atomic E-state index is 12.1. The van der Waals surface area contributed by atoms with E-state index in [4.69, 9.17) is 23.2 Å². The lowest BCUT2D eigenvalue weighted by Gasteiger charge is -2.00. The Labute approximate surface area is 132 Å². The molecule has 0 unspecified atom stereocenters. The number of aromatic nitrogens is 2. The topological polar surface area (TPSA) is 59.3 Å². The van der Waals surface area contributed by atoms with Crippen LogP contribution in [0.15, 0.2) is 29.4 Å². The van der Waals surface area contributed by atoms with Gasteiger partial charge in [0.05, 0.1) is 16.9 Å². The third kappa shape index (κ3) is 3.62. The van der Waals surface area contributed by atoms with Gasteiger partial charge in [-0.05, 0) is 24.1 Å². The number of nitrogens with zero attached hydrogens (tertiary/aromatic N) is 3. The molecule has 1 aromatic heterocycles. The van der Waals surface area contributed by atoms with Gasteiger partial charge >= 0.3 is 0 Å². The van der Waals surface area contributed by atoms with Crippen LogP contribution in [0.4, 0.5) is 0 Å². The van der Waals surface area contributed by atoms with Crippen LogP contribution in [0.5, 0.6) is 0 Å². The van der Waals surface area contributed by atoms with E-state index in [2.05, 4.69) is 15.6 Å². The molecule has 0 atom stereocenters. The lowest BCUT2D eigenvalue weighted by molar-refractivity contribution is 0.0946. The van der Waals surface area contributed by atoms with Crippen molar-refractivity contribution in [1.29, 1.82) is 0 Å². The lowest BCUT2D eigenvalue weighted by atomic mass is 10.2. The Morgan fingerprint density at radius 2 is 2.05 bits per heavy atom. The molecule has 2 rings (SSSR count). The number of carbonyl (C=O) groups is 1. The van der Waals surface area contributed by atoms with E-state index in [-0.39, 0.29) is 0 Å². The Bertz CT molecular complexity index is 677. The average molecular weight is 325 g/mol. The van der Waals surface area contributed by atoms with Gasteiger partial charge in [0.25, 0.3) is 5.91 Å². The molecule has 7 heteroatoms. The van der Waals surface area contributed by atoms with E-state index < -0.39 is 5.91 Å². The summed E-state index contributed by atoms with van der Waals surface area (Å²) in [5.41, 5.74) is 4.24. The van der Waals surface area contributed by atoms with E-state index in [1.54, 1.807) is 31.3 Å². The SMILES string of the molecule is CCc1nn(C)c(C(=O)NN=Cc2ccc(Cl)cc2)c1Cl. The molecule has 0 bridgehead atoms. The molecule has 0 aliphatic heterocycles. The molecule has 0 saturated carbocycles. The van der Waals surface area contributed by atoms with Crippen molar-refractivity contribution in [2.24, 2.45) is 12.1 Å². The zero-order valence-corrected chi connectivity index (χ0v) is 13.1. The van der Waals surface area contributed by atoms with Crippen molar-refractivity contribution in [3.05, 3.63) is 51.3 Å². The molecular formula is C14H14Cl2N4O. The number of halogens is 2. The smallest absolute Gasteiger partial charge is 0.266 e. The third-order valence-electron chi connectivity index (χ3n) is 2.86. The maximum atomic E-state index is 12.1. The molecule has 1 N–H and O–H groups in total. The molecule has 0 aliphatic carbocycles. The number of hydrazone groups is 1. The summed E-state index contributed by atoms with van der Waals surface area (Å²) in [7, 11) is 1.67. The van der Waals surface area contributed by atoms with Crippen LogP contribution < -0.4 is 5.43 Å². The molecule has 1 heterocycles. The summed E-state index contributed by atoms with van der Waals surface area (Å²) < 4.78 is 1.45. The van der Waals surface area contributed by atoms with Crippen LogP contribution in [0.3, 0.4) is 0 Å². The number of nitrogens with one attached hydrogen (secondary N) is 1. The highest BCUT2D eigenvalue weighted by Gasteiger charge is 2.19. The molecular weight excluding hydrogens is 311 g/mol. The Kier molecular flexibility index (Phi) is 4.98. The van der Waals surface area contributed by atoms with Gasteiger partial charge in [-0.15, -0.1) is 0 Å². The number of amides is 1. The number of hydrogen-bond donors (Lipinski definition) is 1. The molecule has 110 valence electrons. The van der Waals surface area contributed by atoms with Crippen molar-refractivity contribution in [2.45, 2.75) is 13.3 Å².